The van der Waals surface area contributed by atoms with E-state index in [0.29, 0.717) is 11.8 Å². The Bertz CT molecular complexity index is 762. The number of benzene rings is 2. The molecule has 0 N–H and O–H groups in total. The van der Waals surface area contributed by atoms with E-state index in [1.165, 1.54) is 29.5 Å². The van der Waals surface area contributed by atoms with Gasteiger partial charge in [0, 0.05) is 0 Å². The Hall–Kier alpha value is -2.08. The quantitative estimate of drug-likeness (QED) is 0.505. The molecule has 3 rings (SSSR count). The van der Waals surface area contributed by atoms with Gasteiger partial charge in [0.1, 0.15) is 0 Å². The molecule has 1 aliphatic carbocycles. The van der Waals surface area contributed by atoms with Gasteiger partial charge in [-0.1, -0.05) is 93.1 Å². The lowest BCUT2D eigenvalue weighted by Crippen LogP contribution is -2.05. The molecule has 0 spiro atoms. The van der Waals surface area contributed by atoms with Crippen molar-refractivity contribution in [1.29, 1.82) is 0 Å². The first-order chi connectivity index (χ1) is 12.6. The second-order valence-electron chi connectivity index (χ2n) is 7.97. The van der Waals surface area contributed by atoms with E-state index in [-0.39, 0.29) is 0 Å². The number of hydrogen-bond acceptors (Lipinski definition) is 0. The highest BCUT2D eigenvalue weighted by Crippen LogP contribution is 2.27. The van der Waals surface area contributed by atoms with Crippen LogP contribution in [0.1, 0.15) is 61.8 Å². The van der Waals surface area contributed by atoms with E-state index in [4.69, 9.17) is 0 Å². The van der Waals surface area contributed by atoms with E-state index in [0.717, 1.165) is 19.3 Å². The van der Waals surface area contributed by atoms with Crippen LogP contribution in [0.3, 0.4) is 0 Å². The van der Waals surface area contributed by atoms with Crippen molar-refractivity contribution in [3.05, 3.63) is 94.6 Å². The van der Waals surface area contributed by atoms with Crippen LogP contribution in [-0.2, 0) is 19.3 Å². The Balaban J connectivity index is 1.75. The minimum absolute atomic E-state index is 0.589. The molecule has 1 unspecified atom stereocenters. The van der Waals surface area contributed by atoms with Gasteiger partial charge in [0.05, 0.1) is 0 Å². The molecule has 0 bridgehead atoms. The lowest BCUT2D eigenvalue weighted by molar-refractivity contribution is 0.645. The first-order valence-electron chi connectivity index (χ1n) is 10.1. The molecule has 0 saturated heterocycles. The minimum Gasteiger partial charge on any atom is -0.0840 e. The third-order valence-electron chi connectivity index (χ3n) is 5.67. The highest BCUT2D eigenvalue weighted by atomic mass is 14.2. The van der Waals surface area contributed by atoms with Crippen molar-refractivity contribution in [3.8, 4) is 0 Å². The van der Waals surface area contributed by atoms with Gasteiger partial charge in [-0.05, 0) is 66.2 Å². The Morgan fingerprint density at radius 1 is 0.885 bits per heavy atom. The zero-order chi connectivity index (χ0) is 18.4. The predicted molar refractivity (Wildman–Crippen MR) is 114 cm³/mol. The van der Waals surface area contributed by atoms with E-state index in [9.17, 15) is 0 Å². The van der Waals surface area contributed by atoms with Gasteiger partial charge in [0.2, 0.25) is 0 Å². The van der Waals surface area contributed by atoms with Crippen molar-refractivity contribution in [2.75, 3.05) is 0 Å². The van der Waals surface area contributed by atoms with Crippen LogP contribution < -0.4 is 0 Å². The van der Waals surface area contributed by atoms with Crippen molar-refractivity contribution < 1.29 is 0 Å². The van der Waals surface area contributed by atoms with Crippen LogP contribution in [0.5, 0.6) is 0 Å². The maximum atomic E-state index is 2.46. The average molecular weight is 345 g/mol. The van der Waals surface area contributed by atoms with Gasteiger partial charge in [0.25, 0.3) is 0 Å². The van der Waals surface area contributed by atoms with E-state index in [1.54, 1.807) is 11.1 Å². The molecular weight excluding hydrogens is 312 g/mol. The fourth-order valence-corrected chi connectivity index (χ4v) is 3.80. The molecule has 0 nitrogen and oxygen atoms in total. The van der Waals surface area contributed by atoms with Gasteiger partial charge in [-0.25, -0.2) is 0 Å². The first kappa shape index (κ1) is 18.7. The van der Waals surface area contributed by atoms with Gasteiger partial charge in [-0.15, -0.1) is 0 Å². The van der Waals surface area contributed by atoms with Crippen LogP contribution >= 0.6 is 0 Å². The lowest BCUT2D eigenvalue weighted by atomic mass is 9.87. The summed E-state index contributed by atoms with van der Waals surface area (Å²) in [6, 6.07) is 18.1. The zero-order valence-corrected chi connectivity index (χ0v) is 16.5. The van der Waals surface area contributed by atoms with Gasteiger partial charge in [0.15, 0.2) is 0 Å². The fraction of sp³-hybridized carbons (Fsp3) is 0.385. The van der Waals surface area contributed by atoms with Crippen molar-refractivity contribution >= 4 is 0 Å². The molecule has 2 aromatic carbocycles. The molecule has 0 radical (unpaired) electrons. The maximum Gasteiger partial charge on any atom is -0.0194 e. The summed E-state index contributed by atoms with van der Waals surface area (Å²) in [6.45, 7) is 6.93. The summed E-state index contributed by atoms with van der Waals surface area (Å²) < 4.78 is 0. The van der Waals surface area contributed by atoms with E-state index in [2.05, 4.69) is 87.5 Å². The van der Waals surface area contributed by atoms with E-state index >= 15 is 0 Å². The average Bonchev–Trinajstić information content (AvgIpc) is 2.67. The van der Waals surface area contributed by atoms with Gasteiger partial charge < -0.3 is 0 Å². The summed E-state index contributed by atoms with van der Waals surface area (Å²) in [6.07, 6.45) is 12.6. The second-order valence-corrected chi connectivity index (χ2v) is 7.97. The Morgan fingerprint density at radius 2 is 1.65 bits per heavy atom. The van der Waals surface area contributed by atoms with Crippen LogP contribution in [0.2, 0.25) is 0 Å². The zero-order valence-electron chi connectivity index (χ0n) is 16.5. The third kappa shape index (κ3) is 4.97. The smallest absolute Gasteiger partial charge is 0.0194 e. The molecule has 26 heavy (non-hydrogen) atoms. The van der Waals surface area contributed by atoms with Crippen LogP contribution in [0.15, 0.2) is 72.3 Å². The lowest BCUT2D eigenvalue weighted by Gasteiger charge is -2.19. The SMILES string of the molecule is CC1CC=CC=C1CCc1ccc(C(C)C)cc1CCc1ccccc1. The number of allylic oxidation sites excluding steroid dienone is 4. The molecule has 2 aromatic rings. The Labute approximate surface area is 159 Å². The Morgan fingerprint density at radius 3 is 2.38 bits per heavy atom. The van der Waals surface area contributed by atoms with Gasteiger partial charge >= 0.3 is 0 Å². The third-order valence-corrected chi connectivity index (χ3v) is 5.67. The minimum atomic E-state index is 0.589. The van der Waals surface area contributed by atoms with Crippen LogP contribution in [0, 0.1) is 5.92 Å². The molecular formula is C26H32. The summed E-state index contributed by atoms with van der Waals surface area (Å²) in [5.74, 6) is 1.29. The maximum absolute atomic E-state index is 2.46. The summed E-state index contributed by atoms with van der Waals surface area (Å²) in [7, 11) is 0. The highest BCUT2D eigenvalue weighted by Gasteiger charge is 2.12. The molecule has 136 valence electrons. The Kier molecular flexibility index (Phi) is 6.50. The van der Waals surface area contributed by atoms with Crippen LogP contribution in [0.25, 0.3) is 0 Å². The van der Waals surface area contributed by atoms with Crippen molar-refractivity contribution in [2.45, 2.75) is 58.8 Å². The molecule has 0 amide bonds. The predicted octanol–water partition coefficient (Wildman–Crippen LogP) is 7.05. The molecule has 0 saturated carbocycles. The molecule has 1 aliphatic rings. The van der Waals surface area contributed by atoms with Crippen molar-refractivity contribution in [3.63, 3.8) is 0 Å². The van der Waals surface area contributed by atoms with Crippen LogP contribution in [-0.4, -0.2) is 0 Å². The first-order valence-corrected chi connectivity index (χ1v) is 10.1. The standard InChI is InChI=1S/C26H32/c1-20(2)25-18-17-24(16-15-23-12-8-7-9-21(23)3)26(19-25)14-13-22-10-5-4-6-11-22/h4-8,10-12,17-21H,9,13-16H2,1-3H3. The molecule has 1 atom stereocenters. The van der Waals surface area contributed by atoms with Crippen molar-refractivity contribution in [1.82, 2.24) is 0 Å². The highest BCUT2D eigenvalue weighted by molar-refractivity contribution is 5.35. The molecule has 0 heterocycles. The monoisotopic (exact) mass is 344 g/mol. The van der Waals surface area contributed by atoms with Gasteiger partial charge in [-0.3, -0.25) is 0 Å². The van der Waals surface area contributed by atoms with E-state index < -0.39 is 0 Å². The summed E-state index contributed by atoms with van der Waals surface area (Å²) in [4.78, 5) is 0. The topological polar surface area (TPSA) is 0 Å². The number of aryl methyl sites for hydroxylation is 3. The molecule has 0 aromatic heterocycles. The normalized spacial score (nSPS) is 16.8. The summed E-state index contributed by atoms with van der Waals surface area (Å²) in [5.41, 5.74) is 7.58. The second kappa shape index (κ2) is 9.03. The number of rotatable bonds is 7. The fourth-order valence-electron chi connectivity index (χ4n) is 3.80. The summed E-state index contributed by atoms with van der Waals surface area (Å²) in [5, 5.41) is 0. The molecule has 0 aliphatic heterocycles. The summed E-state index contributed by atoms with van der Waals surface area (Å²) >= 11 is 0. The number of hydrogen-bond donors (Lipinski definition) is 0. The molecule has 0 heteroatoms. The molecule has 0 fully saturated rings. The van der Waals surface area contributed by atoms with Crippen LogP contribution in [0.4, 0.5) is 0 Å². The van der Waals surface area contributed by atoms with Crippen molar-refractivity contribution in [2.24, 2.45) is 5.92 Å². The largest absolute Gasteiger partial charge is 0.0840 e. The van der Waals surface area contributed by atoms with E-state index in [1.807, 2.05) is 0 Å². The van der Waals surface area contributed by atoms with Gasteiger partial charge in [-0.2, -0.15) is 0 Å².